The Morgan fingerprint density at radius 2 is 2.06 bits per heavy atom. The van der Waals surface area contributed by atoms with Crippen molar-refractivity contribution in [2.75, 3.05) is 0 Å². The van der Waals surface area contributed by atoms with Gasteiger partial charge in [0, 0.05) is 17.3 Å². The number of aromatic nitrogens is 2. The highest BCUT2D eigenvalue weighted by Gasteiger charge is 2.28. The zero-order valence-corrected chi connectivity index (χ0v) is 9.19. The van der Waals surface area contributed by atoms with E-state index in [0.29, 0.717) is 23.0 Å². The van der Waals surface area contributed by atoms with E-state index >= 15 is 0 Å². The molecule has 0 saturated heterocycles. The fourth-order valence-corrected chi connectivity index (χ4v) is 1.57. The molecule has 2 aromatic rings. The molecular weight excluding hydrogens is 245 g/mol. The fraction of sp³-hybridized carbons (Fsp3) is 0.167. The zero-order valence-electron chi connectivity index (χ0n) is 9.19. The number of halogens is 3. The van der Waals surface area contributed by atoms with Crippen molar-refractivity contribution in [2.45, 2.75) is 12.7 Å². The maximum absolute atomic E-state index is 12.2. The lowest BCUT2D eigenvalue weighted by Gasteiger charge is -2.05. The van der Waals surface area contributed by atoms with Crippen LogP contribution >= 0.6 is 0 Å². The first-order valence-electron chi connectivity index (χ1n) is 5.13. The normalized spacial score (nSPS) is 11.5. The highest BCUT2D eigenvalue weighted by molar-refractivity contribution is 5.78. The van der Waals surface area contributed by atoms with Crippen molar-refractivity contribution < 1.29 is 18.0 Å². The molecule has 1 heterocycles. The van der Waals surface area contributed by atoms with Gasteiger partial charge in [0.25, 0.3) is 0 Å². The maximum atomic E-state index is 12.2. The predicted molar refractivity (Wildman–Crippen MR) is 59.1 cm³/mol. The Morgan fingerprint density at radius 1 is 1.28 bits per heavy atom. The van der Waals surface area contributed by atoms with Crippen LogP contribution in [0.3, 0.4) is 0 Å². The SMILES string of the molecule is O=Cc1cccc(-c2cnn(CC(F)(F)F)c2)c1. The van der Waals surface area contributed by atoms with Crippen molar-refractivity contribution in [3.8, 4) is 11.1 Å². The van der Waals surface area contributed by atoms with Crippen LogP contribution in [0, 0.1) is 0 Å². The number of hydrogen-bond acceptors (Lipinski definition) is 2. The van der Waals surface area contributed by atoms with Crippen LogP contribution in [0.1, 0.15) is 10.4 Å². The van der Waals surface area contributed by atoms with E-state index < -0.39 is 12.7 Å². The van der Waals surface area contributed by atoms with Crippen LogP contribution in [-0.2, 0) is 6.54 Å². The first-order valence-corrected chi connectivity index (χ1v) is 5.13. The van der Waals surface area contributed by atoms with Crippen molar-refractivity contribution in [3.63, 3.8) is 0 Å². The lowest BCUT2D eigenvalue weighted by molar-refractivity contribution is -0.142. The molecule has 0 fully saturated rings. The topological polar surface area (TPSA) is 34.9 Å². The van der Waals surface area contributed by atoms with Gasteiger partial charge in [-0.3, -0.25) is 9.48 Å². The number of rotatable bonds is 3. The average molecular weight is 254 g/mol. The molecule has 0 aliphatic carbocycles. The summed E-state index contributed by atoms with van der Waals surface area (Å²) in [6, 6.07) is 6.60. The molecule has 0 unspecified atom stereocenters. The second-order valence-corrected chi connectivity index (χ2v) is 3.79. The standard InChI is InChI=1S/C12H9F3N2O/c13-12(14,15)8-17-6-11(5-16-17)10-3-1-2-9(4-10)7-18/h1-7H,8H2. The van der Waals surface area contributed by atoms with E-state index in [2.05, 4.69) is 5.10 Å². The Labute approximate surface area is 101 Å². The second kappa shape index (κ2) is 4.64. The number of alkyl halides is 3. The molecule has 0 amide bonds. The molecule has 0 saturated carbocycles. The van der Waals surface area contributed by atoms with Crippen LogP contribution < -0.4 is 0 Å². The third-order valence-corrected chi connectivity index (χ3v) is 2.33. The van der Waals surface area contributed by atoms with Crippen molar-refractivity contribution in [1.82, 2.24) is 9.78 Å². The summed E-state index contributed by atoms with van der Waals surface area (Å²) < 4.78 is 37.3. The summed E-state index contributed by atoms with van der Waals surface area (Å²) in [5.41, 5.74) is 1.67. The molecule has 3 nitrogen and oxygen atoms in total. The van der Waals surface area contributed by atoms with E-state index in [1.54, 1.807) is 24.3 Å². The summed E-state index contributed by atoms with van der Waals surface area (Å²) >= 11 is 0. The maximum Gasteiger partial charge on any atom is 0.408 e. The Kier molecular flexibility index (Phi) is 3.18. The van der Waals surface area contributed by atoms with Gasteiger partial charge in [0.15, 0.2) is 0 Å². The molecule has 1 aromatic heterocycles. The minimum Gasteiger partial charge on any atom is -0.298 e. The van der Waals surface area contributed by atoms with Gasteiger partial charge in [0.05, 0.1) is 6.20 Å². The monoisotopic (exact) mass is 254 g/mol. The van der Waals surface area contributed by atoms with Gasteiger partial charge in [0.2, 0.25) is 0 Å². The van der Waals surface area contributed by atoms with Crippen LogP contribution in [0.15, 0.2) is 36.7 Å². The minimum absolute atomic E-state index is 0.469. The predicted octanol–water partition coefficient (Wildman–Crippen LogP) is 2.92. The zero-order chi connectivity index (χ0) is 13.2. The summed E-state index contributed by atoms with van der Waals surface area (Å²) in [5.74, 6) is 0. The first kappa shape index (κ1) is 12.3. The smallest absolute Gasteiger partial charge is 0.298 e. The number of hydrogen-bond donors (Lipinski definition) is 0. The lowest BCUT2D eigenvalue weighted by Crippen LogP contribution is -2.17. The summed E-state index contributed by atoms with van der Waals surface area (Å²) in [6.07, 6.45) is -0.968. The van der Waals surface area contributed by atoms with Gasteiger partial charge in [-0.25, -0.2) is 0 Å². The summed E-state index contributed by atoms with van der Waals surface area (Å²) in [7, 11) is 0. The van der Waals surface area contributed by atoms with Crippen molar-refractivity contribution in [2.24, 2.45) is 0 Å². The number of aldehydes is 1. The highest BCUT2D eigenvalue weighted by atomic mass is 19.4. The van der Waals surface area contributed by atoms with E-state index in [4.69, 9.17) is 0 Å². The third kappa shape index (κ3) is 2.97. The third-order valence-electron chi connectivity index (χ3n) is 2.33. The molecule has 0 aliphatic rings. The molecule has 0 atom stereocenters. The molecule has 94 valence electrons. The number of carbonyl (C=O) groups is 1. The second-order valence-electron chi connectivity index (χ2n) is 3.79. The van der Waals surface area contributed by atoms with Crippen LogP contribution in [0.4, 0.5) is 13.2 Å². The summed E-state index contributed by atoms with van der Waals surface area (Å²) in [4.78, 5) is 10.6. The quantitative estimate of drug-likeness (QED) is 0.789. The van der Waals surface area contributed by atoms with Gasteiger partial charge in [-0.05, 0) is 11.6 Å². The Balaban J connectivity index is 2.26. The van der Waals surface area contributed by atoms with Gasteiger partial charge in [0.1, 0.15) is 12.8 Å². The average Bonchev–Trinajstić information content (AvgIpc) is 2.75. The van der Waals surface area contributed by atoms with E-state index in [0.717, 1.165) is 4.68 Å². The van der Waals surface area contributed by atoms with Crippen molar-refractivity contribution in [3.05, 3.63) is 42.2 Å². The van der Waals surface area contributed by atoms with Gasteiger partial charge >= 0.3 is 6.18 Å². The largest absolute Gasteiger partial charge is 0.408 e. The highest BCUT2D eigenvalue weighted by Crippen LogP contribution is 2.22. The van der Waals surface area contributed by atoms with Crippen LogP contribution in [-0.4, -0.2) is 22.2 Å². The molecule has 18 heavy (non-hydrogen) atoms. The van der Waals surface area contributed by atoms with Crippen LogP contribution in [0.25, 0.3) is 11.1 Å². The van der Waals surface area contributed by atoms with E-state index in [1.165, 1.54) is 12.4 Å². The van der Waals surface area contributed by atoms with Crippen LogP contribution in [0.2, 0.25) is 0 Å². The van der Waals surface area contributed by atoms with Crippen molar-refractivity contribution >= 4 is 6.29 Å². The molecular formula is C12H9F3N2O. The van der Waals surface area contributed by atoms with Gasteiger partial charge in [-0.15, -0.1) is 0 Å². The molecule has 0 spiro atoms. The Bertz CT molecular complexity index is 560. The van der Waals surface area contributed by atoms with E-state index in [9.17, 15) is 18.0 Å². The minimum atomic E-state index is -4.30. The molecule has 0 bridgehead atoms. The van der Waals surface area contributed by atoms with E-state index in [-0.39, 0.29) is 0 Å². The van der Waals surface area contributed by atoms with Crippen molar-refractivity contribution in [1.29, 1.82) is 0 Å². The molecule has 0 radical (unpaired) electrons. The summed E-state index contributed by atoms with van der Waals surface area (Å²) in [5, 5.41) is 3.64. The van der Waals surface area contributed by atoms with E-state index in [1.807, 2.05) is 0 Å². The van der Waals surface area contributed by atoms with Gasteiger partial charge < -0.3 is 0 Å². The Hall–Kier alpha value is -2.11. The number of nitrogens with zero attached hydrogens (tertiary/aromatic N) is 2. The molecule has 0 aliphatic heterocycles. The molecule has 6 heteroatoms. The first-order chi connectivity index (χ1) is 8.48. The van der Waals surface area contributed by atoms with Gasteiger partial charge in [-0.1, -0.05) is 18.2 Å². The summed E-state index contributed by atoms with van der Waals surface area (Å²) in [6.45, 7) is -1.12. The fourth-order valence-electron chi connectivity index (χ4n) is 1.57. The molecule has 2 rings (SSSR count). The van der Waals surface area contributed by atoms with Gasteiger partial charge in [-0.2, -0.15) is 18.3 Å². The van der Waals surface area contributed by atoms with Crippen LogP contribution in [0.5, 0.6) is 0 Å². The lowest BCUT2D eigenvalue weighted by atomic mass is 10.1. The number of carbonyl (C=O) groups excluding carboxylic acids is 1. The Morgan fingerprint density at radius 3 is 2.72 bits per heavy atom. The molecule has 0 N–H and O–H groups in total. The molecule has 1 aromatic carbocycles. The number of benzene rings is 1.